The Morgan fingerprint density at radius 2 is 1.67 bits per heavy atom. The number of para-hydroxylation sites is 1. The van der Waals surface area contributed by atoms with Crippen molar-refractivity contribution in [1.82, 2.24) is 10.2 Å². The van der Waals surface area contributed by atoms with Crippen molar-refractivity contribution in [3.8, 4) is 0 Å². The van der Waals surface area contributed by atoms with Crippen LogP contribution in [0.1, 0.15) is 44.9 Å². The number of carbonyl (C=O) groups is 2. The van der Waals surface area contributed by atoms with Gasteiger partial charge in [0.2, 0.25) is 5.91 Å². The Kier molecular flexibility index (Phi) is 4.17. The number of rotatable bonds is 2. The van der Waals surface area contributed by atoms with Gasteiger partial charge in [0, 0.05) is 24.3 Å². The van der Waals surface area contributed by atoms with Gasteiger partial charge >= 0.3 is 6.03 Å². The van der Waals surface area contributed by atoms with Gasteiger partial charge in [-0.25, -0.2) is 4.79 Å². The van der Waals surface area contributed by atoms with Crippen LogP contribution >= 0.6 is 0 Å². The Morgan fingerprint density at radius 3 is 2.38 bits per heavy atom. The number of carbonyl (C=O) groups excluding carboxylic acids is 2. The van der Waals surface area contributed by atoms with Crippen LogP contribution in [0.3, 0.4) is 0 Å². The highest BCUT2D eigenvalue weighted by molar-refractivity contribution is 5.99. The number of amides is 3. The van der Waals surface area contributed by atoms with Gasteiger partial charge in [-0.15, -0.1) is 0 Å². The fourth-order valence-corrected chi connectivity index (χ4v) is 4.55. The summed E-state index contributed by atoms with van der Waals surface area (Å²) in [5.41, 5.74) is 0.916. The first kappa shape index (κ1) is 15.5. The van der Waals surface area contributed by atoms with Crippen molar-refractivity contribution in [1.29, 1.82) is 0 Å². The molecule has 0 aliphatic carbocycles. The average Bonchev–Trinajstić information content (AvgIpc) is 2.87. The first-order chi connectivity index (χ1) is 11.7. The summed E-state index contributed by atoms with van der Waals surface area (Å²) < 4.78 is 0. The van der Waals surface area contributed by atoms with Gasteiger partial charge in [-0.05, 0) is 57.1 Å². The predicted molar refractivity (Wildman–Crippen MR) is 92.8 cm³/mol. The van der Waals surface area contributed by atoms with Gasteiger partial charge in [0.25, 0.3) is 0 Å². The maximum Gasteiger partial charge on any atom is 0.318 e. The number of hydrogen-bond acceptors (Lipinski definition) is 2. The minimum absolute atomic E-state index is 0.0187. The van der Waals surface area contributed by atoms with Crippen LogP contribution in [0.25, 0.3) is 0 Å². The van der Waals surface area contributed by atoms with Gasteiger partial charge in [0.1, 0.15) is 6.04 Å². The van der Waals surface area contributed by atoms with Gasteiger partial charge in [-0.3, -0.25) is 4.79 Å². The molecule has 0 radical (unpaired) electrons. The predicted octanol–water partition coefficient (Wildman–Crippen LogP) is 2.91. The fourth-order valence-electron chi connectivity index (χ4n) is 4.55. The molecule has 3 heterocycles. The zero-order chi connectivity index (χ0) is 16.5. The van der Waals surface area contributed by atoms with Crippen molar-refractivity contribution in [2.24, 2.45) is 0 Å². The lowest BCUT2D eigenvalue weighted by Crippen LogP contribution is -2.57. The zero-order valence-corrected chi connectivity index (χ0v) is 14.0. The lowest BCUT2D eigenvalue weighted by Gasteiger charge is -2.38. The first-order valence-corrected chi connectivity index (χ1v) is 9.19. The molecule has 3 unspecified atom stereocenters. The van der Waals surface area contributed by atoms with Gasteiger partial charge in [-0.1, -0.05) is 18.2 Å². The van der Waals surface area contributed by atoms with E-state index in [1.54, 1.807) is 4.90 Å². The highest BCUT2D eigenvalue weighted by Crippen LogP contribution is 2.35. The van der Waals surface area contributed by atoms with E-state index in [1.807, 2.05) is 35.2 Å². The van der Waals surface area contributed by atoms with Crippen LogP contribution in [0.4, 0.5) is 10.5 Å². The quantitative estimate of drug-likeness (QED) is 0.908. The molecule has 3 aliphatic heterocycles. The third-order valence-electron chi connectivity index (χ3n) is 5.73. The monoisotopic (exact) mass is 327 g/mol. The van der Waals surface area contributed by atoms with Gasteiger partial charge in [-0.2, -0.15) is 0 Å². The molecule has 3 saturated heterocycles. The molecule has 4 rings (SSSR count). The van der Waals surface area contributed by atoms with Crippen LogP contribution in [0.5, 0.6) is 0 Å². The van der Waals surface area contributed by atoms with Crippen molar-refractivity contribution >= 4 is 17.6 Å². The Balaban J connectivity index is 1.44. The Bertz CT molecular complexity index is 602. The molecule has 2 bridgehead atoms. The molecule has 24 heavy (non-hydrogen) atoms. The van der Waals surface area contributed by atoms with E-state index < -0.39 is 6.04 Å². The maximum absolute atomic E-state index is 12.8. The number of nitrogens with zero attached hydrogens (tertiary/aromatic N) is 2. The normalized spacial score (nSPS) is 29.7. The minimum atomic E-state index is -0.396. The topological polar surface area (TPSA) is 52.7 Å². The Labute approximate surface area is 143 Å². The average molecular weight is 327 g/mol. The van der Waals surface area contributed by atoms with E-state index in [0.29, 0.717) is 12.1 Å². The molecule has 0 saturated carbocycles. The lowest BCUT2D eigenvalue weighted by atomic mass is 10.0. The molecule has 5 heteroatoms. The summed E-state index contributed by atoms with van der Waals surface area (Å²) in [5, 5.41) is 3.03. The molecule has 0 aromatic heterocycles. The van der Waals surface area contributed by atoms with Gasteiger partial charge in [0.15, 0.2) is 0 Å². The number of nitrogens with one attached hydrogen (secondary N) is 1. The van der Waals surface area contributed by atoms with E-state index in [4.69, 9.17) is 0 Å². The summed E-state index contributed by atoms with van der Waals surface area (Å²) in [7, 11) is 0. The second kappa shape index (κ2) is 6.46. The summed E-state index contributed by atoms with van der Waals surface area (Å²) in [6, 6.07) is 10.1. The van der Waals surface area contributed by atoms with Crippen molar-refractivity contribution in [2.45, 2.75) is 63.1 Å². The third kappa shape index (κ3) is 2.76. The summed E-state index contributed by atoms with van der Waals surface area (Å²) in [6.07, 6.45) is 7.33. The highest BCUT2D eigenvalue weighted by Gasteiger charge is 2.41. The molecule has 0 spiro atoms. The molecule has 1 aromatic rings. The lowest BCUT2D eigenvalue weighted by molar-refractivity contribution is -0.121. The molecule has 128 valence electrons. The molecular weight excluding hydrogens is 302 g/mol. The van der Waals surface area contributed by atoms with E-state index in [0.717, 1.165) is 50.8 Å². The highest BCUT2D eigenvalue weighted by atomic mass is 16.2. The second-order valence-electron chi connectivity index (χ2n) is 7.19. The maximum atomic E-state index is 12.8. The number of fused-ring (bicyclic) bond motifs is 2. The van der Waals surface area contributed by atoms with E-state index in [2.05, 4.69) is 5.32 Å². The Morgan fingerprint density at radius 1 is 0.958 bits per heavy atom. The number of piperidine rings is 2. The first-order valence-electron chi connectivity index (χ1n) is 9.19. The number of anilines is 1. The van der Waals surface area contributed by atoms with Crippen molar-refractivity contribution in [3.63, 3.8) is 0 Å². The second-order valence-corrected chi connectivity index (χ2v) is 7.19. The van der Waals surface area contributed by atoms with Crippen LogP contribution in [0.2, 0.25) is 0 Å². The van der Waals surface area contributed by atoms with Crippen molar-refractivity contribution in [2.75, 3.05) is 11.4 Å². The molecule has 3 atom stereocenters. The SMILES string of the molecule is O=C1C(NC(=O)N2C3CCCC2CC3)CCCN1c1ccccc1. The summed E-state index contributed by atoms with van der Waals surface area (Å²) in [5.74, 6) is 0.0187. The van der Waals surface area contributed by atoms with Crippen LogP contribution in [-0.2, 0) is 4.79 Å². The molecule has 3 aliphatic rings. The van der Waals surface area contributed by atoms with E-state index in [1.165, 1.54) is 6.42 Å². The minimum Gasteiger partial charge on any atom is -0.326 e. The van der Waals surface area contributed by atoms with Crippen LogP contribution in [0.15, 0.2) is 30.3 Å². The van der Waals surface area contributed by atoms with Crippen LogP contribution in [0, 0.1) is 0 Å². The van der Waals surface area contributed by atoms with E-state index >= 15 is 0 Å². The van der Waals surface area contributed by atoms with Crippen LogP contribution in [-0.4, -0.2) is 41.5 Å². The van der Waals surface area contributed by atoms with E-state index in [9.17, 15) is 9.59 Å². The largest absolute Gasteiger partial charge is 0.326 e. The Hall–Kier alpha value is -2.04. The standard InChI is InChI=1S/C19H25N3O2/c23-18-17(10-5-13-21(18)14-6-2-1-3-7-14)20-19(24)22-15-8-4-9-16(22)12-11-15/h1-3,6-7,15-17H,4-5,8-13H2,(H,20,24). The van der Waals surface area contributed by atoms with Crippen LogP contribution < -0.4 is 10.2 Å². The van der Waals surface area contributed by atoms with Gasteiger partial charge in [0.05, 0.1) is 0 Å². The molecule has 3 fully saturated rings. The van der Waals surface area contributed by atoms with Crippen molar-refractivity contribution in [3.05, 3.63) is 30.3 Å². The third-order valence-corrected chi connectivity index (χ3v) is 5.73. The number of urea groups is 1. The fraction of sp³-hybridized carbons (Fsp3) is 0.579. The molecule has 5 nitrogen and oxygen atoms in total. The zero-order valence-electron chi connectivity index (χ0n) is 14.0. The number of benzene rings is 1. The smallest absolute Gasteiger partial charge is 0.318 e. The number of hydrogen-bond donors (Lipinski definition) is 1. The van der Waals surface area contributed by atoms with Gasteiger partial charge < -0.3 is 15.1 Å². The molecular formula is C19H25N3O2. The molecule has 1 N–H and O–H groups in total. The van der Waals surface area contributed by atoms with Crippen molar-refractivity contribution < 1.29 is 9.59 Å². The molecule has 3 amide bonds. The molecule has 1 aromatic carbocycles. The summed E-state index contributed by atoms with van der Waals surface area (Å²) in [6.45, 7) is 0.726. The summed E-state index contributed by atoms with van der Waals surface area (Å²) in [4.78, 5) is 29.4. The summed E-state index contributed by atoms with van der Waals surface area (Å²) >= 11 is 0. The van der Waals surface area contributed by atoms with E-state index in [-0.39, 0.29) is 11.9 Å².